The van der Waals surface area contributed by atoms with Crippen LogP contribution in [0.1, 0.15) is 21.3 Å². The fourth-order valence-electron chi connectivity index (χ4n) is 2.87. The summed E-state index contributed by atoms with van der Waals surface area (Å²) in [7, 11) is 1.64. The summed E-state index contributed by atoms with van der Waals surface area (Å²) in [6.45, 7) is 4.34. The number of anilines is 1. The molecule has 3 rings (SSSR count). The van der Waals surface area contributed by atoms with Crippen LogP contribution < -0.4 is 10.2 Å². The molecule has 26 heavy (non-hydrogen) atoms. The van der Waals surface area contributed by atoms with Gasteiger partial charge < -0.3 is 15.1 Å². The number of amides is 3. The minimum atomic E-state index is -0.610. The topological polar surface area (TPSA) is 69.7 Å². The highest BCUT2D eigenvalue weighted by Gasteiger charge is 2.35. The number of piperazine rings is 1. The SMILES string of the molecule is C=CC(=O)N(C)c1ccc(C(=O)N2CCNC(=O)C2c2cccs2)cc1. The number of carbonyl (C=O) groups excluding carboxylic acids is 3. The minimum absolute atomic E-state index is 0.167. The molecule has 1 saturated heterocycles. The van der Waals surface area contributed by atoms with Crippen LogP contribution >= 0.6 is 11.3 Å². The maximum Gasteiger partial charge on any atom is 0.254 e. The molecule has 2 heterocycles. The smallest absolute Gasteiger partial charge is 0.254 e. The van der Waals surface area contributed by atoms with Gasteiger partial charge in [-0.2, -0.15) is 0 Å². The zero-order valence-corrected chi connectivity index (χ0v) is 15.2. The summed E-state index contributed by atoms with van der Waals surface area (Å²) < 4.78 is 0. The van der Waals surface area contributed by atoms with Gasteiger partial charge in [0.2, 0.25) is 11.8 Å². The lowest BCUT2D eigenvalue weighted by Gasteiger charge is -2.34. The molecule has 2 aromatic rings. The molecule has 1 aliphatic rings. The van der Waals surface area contributed by atoms with Gasteiger partial charge in [-0.05, 0) is 41.8 Å². The predicted octanol–water partition coefficient (Wildman–Crippen LogP) is 2.21. The second-order valence-corrected chi connectivity index (χ2v) is 6.84. The molecule has 1 aromatic carbocycles. The van der Waals surface area contributed by atoms with E-state index in [9.17, 15) is 14.4 Å². The van der Waals surface area contributed by atoms with E-state index in [-0.39, 0.29) is 17.7 Å². The number of likely N-dealkylation sites (N-methyl/N-ethyl adjacent to an activating group) is 1. The molecule has 7 heteroatoms. The van der Waals surface area contributed by atoms with E-state index in [1.54, 1.807) is 36.2 Å². The van der Waals surface area contributed by atoms with E-state index in [2.05, 4.69) is 11.9 Å². The summed E-state index contributed by atoms with van der Waals surface area (Å²) >= 11 is 1.45. The Hall–Kier alpha value is -2.93. The Labute approximate surface area is 155 Å². The van der Waals surface area contributed by atoms with Crippen LogP contribution in [0.4, 0.5) is 5.69 Å². The van der Waals surface area contributed by atoms with Crippen molar-refractivity contribution in [1.82, 2.24) is 10.2 Å². The van der Waals surface area contributed by atoms with E-state index >= 15 is 0 Å². The third kappa shape index (κ3) is 3.39. The number of hydrogen-bond acceptors (Lipinski definition) is 4. The molecule has 1 unspecified atom stereocenters. The molecule has 1 N–H and O–H groups in total. The number of carbonyl (C=O) groups is 3. The number of hydrogen-bond donors (Lipinski definition) is 1. The second kappa shape index (κ2) is 7.53. The third-order valence-corrected chi connectivity index (χ3v) is 5.22. The Bertz CT molecular complexity index is 830. The van der Waals surface area contributed by atoms with Crippen molar-refractivity contribution in [2.45, 2.75) is 6.04 Å². The minimum Gasteiger partial charge on any atom is -0.352 e. The quantitative estimate of drug-likeness (QED) is 0.840. The van der Waals surface area contributed by atoms with E-state index < -0.39 is 6.04 Å². The third-order valence-electron chi connectivity index (χ3n) is 4.29. The van der Waals surface area contributed by atoms with Crippen molar-refractivity contribution in [1.29, 1.82) is 0 Å². The monoisotopic (exact) mass is 369 g/mol. The van der Waals surface area contributed by atoms with E-state index in [0.29, 0.717) is 24.3 Å². The van der Waals surface area contributed by atoms with E-state index in [1.165, 1.54) is 22.3 Å². The molecular formula is C19H19N3O3S. The number of benzene rings is 1. The lowest BCUT2D eigenvalue weighted by Crippen LogP contribution is -2.51. The van der Waals surface area contributed by atoms with Crippen molar-refractivity contribution in [2.75, 3.05) is 25.0 Å². The van der Waals surface area contributed by atoms with Gasteiger partial charge in [0, 0.05) is 36.3 Å². The van der Waals surface area contributed by atoms with E-state index in [4.69, 9.17) is 0 Å². The summed E-state index contributed by atoms with van der Waals surface area (Å²) in [6.07, 6.45) is 1.23. The fraction of sp³-hybridized carbons (Fsp3) is 0.211. The molecule has 1 atom stereocenters. The molecule has 1 aromatic heterocycles. The molecule has 6 nitrogen and oxygen atoms in total. The van der Waals surface area contributed by atoms with Crippen LogP contribution in [-0.2, 0) is 9.59 Å². The Morgan fingerprint density at radius 1 is 1.31 bits per heavy atom. The van der Waals surface area contributed by atoms with Crippen LogP contribution in [0.15, 0.2) is 54.4 Å². The van der Waals surface area contributed by atoms with Crippen molar-refractivity contribution in [3.05, 3.63) is 64.9 Å². The number of nitrogens with one attached hydrogen (secondary N) is 1. The molecule has 0 spiro atoms. The standard InChI is InChI=1S/C19H19N3O3S/c1-3-16(23)21(2)14-8-6-13(7-9-14)19(25)22-11-10-20-18(24)17(22)15-5-4-12-26-15/h3-9,12,17H,1,10-11H2,2H3,(H,20,24). The predicted molar refractivity (Wildman–Crippen MR) is 101 cm³/mol. The lowest BCUT2D eigenvalue weighted by molar-refractivity contribution is -0.128. The van der Waals surface area contributed by atoms with Gasteiger partial charge >= 0.3 is 0 Å². The van der Waals surface area contributed by atoms with Crippen LogP contribution in [-0.4, -0.2) is 42.8 Å². The Morgan fingerprint density at radius 3 is 2.65 bits per heavy atom. The zero-order valence-electron chi connectivity index (χ0n) is 14.3. The van der Waals surface area contributed by atoms with Gasteiger partial charge in [0.25, 0.3) is 5.91 Å². The average Bonchev–Trinajstić information content (AvgIpc) is 3.20. The molecule has 0 bridgehead atoms. The molecular weight excluding hydrogens is 350 g/mol. The summed E-state index contributed by atoms with van der Waals surface area (Å²) in [5.74, 6) is -0.600. The van der Waals surface area contributed by atoms with Crippen LogP contribution in [0.5, 0.6) is 0 Å². The first-order valence-corrected chi connectivity index (χ1v) is 9.03. The molecule has 3 amide bonds. The van der Waals surface area contributed by atoms with Crippen LogP contribution in [0.3, 0.4) is 0 Å². The van der Waals surface area contributed by atoms with Crippen LogP contribution in [0, 0.1) is 0 Å². The number of thiophene rings is 1. The maximum absolute atomic E-state index is 13.0. The van der Waals surface area contributed by atoms with Crippen molar-refractivity contribution in [2.24, 2.45) is 0 Å². The molecule has 0 aliphatic carbocycles. The van der Waals surface area contributed by atoms with Gasteiger partial charge in [-0.15, -0.1) is 11.3 Å². The summed E-state index contributed by atoms with van der Waals surface area (Å²) in [5.41, 5.74) is 1.14. The number of rotatable bonds is 4. The van der Waals surface area contributed by atoms with Crippen molar-refractivity contribution in [3.63, 3.8) is 0 Å². The van der Waals surface area contributed by atoms with Gasteiger partial charge in [-0.3, -0.25) is 14.4 Å². The van der Waals surface area contributed by atoms with Crippen molar-refractivity contribution in [3.8, 4) is 0 Å². The van der Waals surface area contributed by atoms with Crippen molar-refractivity contribution < 1.29 is 14.4 Å². The summed E-state index contributed by atoms with van der Waals surface area (Å²) in [4.78, 5) is 40.9. The molecule has 0 radical (unpaired) electrons. The highest BCUT2D eigenvalue weighted by atomic mass is 32.1. The Morgan fingerprint density at radius 2 is 2.04 bits per heavy atom. The van der Waals surface area contributed by atoms with E-state index in [1.807, 2.05) is 17.5 Å². The lowest BCUT2D eigenvalue weighted by atomic mass is 10.1. The van der Waals surface area contributed by atoms with Crippen molar-refractivity contribution >= 4 is 34.7 Å². The first-order valence-electron chi connectivity index (χ1n) is 8.15. The van der Waals surface area contributed by atoms with Gasteiger partial charge in [-0.1, -0.05) is 12.6 Å². The average molecular weight is 369 g/mol. The largest absolute Gasteiger partial charge is 0.352 e. The molecule has 1 fully saturated rings. The zero-order chi connectivity index (χ0) is 18.7. The fourth-order valence-corrected chi connectivity index (χ4v) is 3.71. The Balaban J connectivity index is 1.84. The molecule has 0 saturated carbocycles. The normalized spacial score (nSPS) is 16.7. The Kier molecular flexibility index (Phi) is 5.18. The maximum atomic E-state index is 13.0. The van der Waals surface area contributed by atoms with Gasteiger partial charge in [0.15, 0.2) is 0 Å². The molecule has 1 aliphatic heterocycles. The van der Waals surface area contributed by atoms with Gasteiger partial charge in [0.05, 0.1) is 0 Å². The van der Waals surface area contributed by atoms with Crippen LogP contribution in [0.25, 0.3) is 0 Å². The van der Waals surface area contributed by atoms with Gasteiger partial charge in [0.1, 0.15) is 6.04 Å². The first-order chi connectivity index (χ1) is 12.5. The van der Waals surface area contributed by atoms with Crippen LogP contribution in [0.2, 0.25) is 0 Å². The first kappa shape index (κ1) is 17.9. The number of nitrogens with zero attached hydrogens (tertiary/aromatic N) is 2. The summed E-state index contributed by atoms with van der Waals surface area (Å²) in [5, 5.41) is 4.71. The second-order valence-electron chi connectivity index (χ2n) is 5.86. The van der Waals surface area contributed by atoms with E-state index in [0.717, 1.165) is 4.88 Å². The highest BCUT2D eigenvalue weighted by molar-refractivity contribution is 7.10. The molecule has 134 valence electrons. The van der Waals surface area contributed by atoms with Gasteiger partial charge in [-0.25, -0.2) is 0 Å². The summed E-state index contributed by atoms with van der Waals surface area (Å²) in [6, 6.07) is 9.87. The highest BCUT2D eigenvalue weighted by Crippen LogP contribution is 2.29.